The van der Waals surface area contributed by atoms with Crippen LogP contribution in [0.3, 0.4) is 0 Å². The molecule has 0 aromatic heterocycles. The topological polar surface area (TPSA) is 20.2 Å². The van der Waals surface area contributed by atoms with Crippen LogP contribution in [0.1, 0.15) is 119 Å². The van der Waals surface area contributed by atoms with E-state index >= 15 is 0 Å². The summed E-state index contributed by atoms with van der Waals surface area (Å²) in [5, 5.41) is 11.6. The molecule has 0 radical (unpaired) electrons. The summed E-state index contributed by atoms with van der Waals surface area (Å²) in [5.74, 6) is 6.11. The van der Waals surface area contributed by atoms with Gasteiger partial charge in [0.2, 0.25) is 0 Å². The molecule has 4 rings (SSSR count). The van der Waals surface area contributed by atoms with Gasteiger partial charge in [0.15, 0.2) is 0 Å². The van der Waals surface area contributed by atoms with Gasteiger partial charge in [0.05, 0.1) is 5.60 Å². The Balaban J connectivity index is 1.49. The van der Waals surface area contributed by atoms with E-state index in [1.54, 1.807) is 0 Å². The first kappa shape index (κ1) is 22.2. The molecule has 0 bridgehead atoms. The molecule has 168 valence electrons. The molecule has 0 spiro atoms. The van der Waals surface area contributed by atoms with Gasteiger partial charge in [-0.25, -0.2) is 0 Å². The third-order valence-corrected chi connectivity index (χ3v) is 11.7. The fraction of sp³-hybridized carbons (Fsp3) is 1.00. The molecule has 4 aliphatic rings. The van der Waals surface area contributed by atoms with E-state index in [-0.39, 0.29) is 11.0 Å². The van der Waals surface area contributed by atoms with E-state index < -0.39 is 0 Å². The highest BCUT2D eigenvalue weighted by Gasteiger charge is 2.63. The van der Waals surface area contributed by atoms with Gasteiger partial charge < -0.3 is 5.11 Å². The molecule has 29 heavy (non-hydrogen) atoms. The van der Waals surface area contributed by atoms with Crippen LogP contribution in [-0.2, 0) is 0 Å². The number of fused-ring (bicyclic) bond motifs is 5. The highest BCUT2D eigenvalue weighted by atomic mass is 16.3. The molecule has 1 N–H and O–H groups in total. The first-order valence-electron chi connectivity index (χ1n) is 13.3. The van der Waals surface area contributed by atoms with Crippen molar-refractivity contribution in [2.45, 2.75) is 124 Å². The third kappa shape index (κ3) is 3.44. The number of aliphatic hydroxyl groups is 1. The molecular formula is C28H50O. The smallest absolute Gasteiger partial charge is 0.0703 e. The molecule has 1 nitrogen and oxygen atoms in total. The number of hydrogen-bond donors (Lipinski definition) is 1. The standard InChI is InChI=1S/C28H50O/c1-19(2)20(3)9-10-21(4)23-11-12-24-22-13-18-28(29)16-8-7-15-27(28,6)25(22)14-17-26(23,24)5/h19-25,29H,7-18H2,1-6H3/t20-,21+,22-,23+,24-,25-,26+,27+,28?/m0/s1. The van der Waals surface area contributed by atoms with Gasteiger partial charge in [-0.2, -0.15) is 0 Å². The Bertz CT molecular complexity index is 583. The van der Waals surface area contributed by atoms with E-state index in [9.17, 15) is 5.11 Å². The zero-order chi connectivity index (χ0) is 21.0. The summed E-state index contributed by atoms with van der Waals surface area (Å²) in [7, 11) is 0. The predicted molar refractivity (Wildman–Crippen MR) is 124 cm³/mol. The van der Waals surface area contributed by atoms with Gasteiger partial charge in [0.1, 0.15) is 0 Å². The molecule has 4 saturated carbocycles. The van der Waals surface area contributed by atoms with E-state index in [0.717, 1.165) is 54.3 Å². The largest absolute Gasteiger partial charge is 0.389 e. The molecule has 0 aliphatic heterocycles. The van der Waals surface area contributed by atoms with E-state index in [2.05, 4.69) is 41.5 Å². The van der Waals surface area contributed by atoms with Crippen molar-refractivity contribution in [3.05, 3.63) is 0 Å². The average molecular weight is 403 g/mol. The van der Waals surface area contributed by atoms with Crippen molar-refractivity contribution < 1.29 is 5.11 Å². The fourth-order valence-corrected chi connectivity index (χ4v) is 9.29. The zero-order valence-electron chi connectivity index (χ0n) is 20.5. The summed E-state index contributed by atoms with van der Waals surface area (Å²) in [6.07, 6.45) is 15.9. The molecule has 0 saturated heterocycles. The maximum atomic E-state index is 11.6. The normalized spacial score (nSPS) is 49.2. The third-order valence-electron chi connectivity index (χ3n) is 11.7. The second kappa shape index (κ2) is 7.83. The van der Waals surface area contributed by atoms with Crippen molar-refractivity contribution in [1.29, 1.82) is 0 Å². The van der Waals surface area contributed by atoms with Crippen molar-refractivity contribution >= 4 is 0 Å². The van der Waals surface area contributed by atoms with Gasteiger partial charge in [-0.05, 0) is 104 Å². The zero-order valence-corrected chi connectivity index (χ0v) is 20.5. The molecular weight excluding hydrogens is 352 g/mol. The van der Waals surface area contributed by atoms with Crippen molar-refractivity contribution in [3.8, 4) is 0 Å². The summed E-state index contributed by atoms with van der Waals surface area (Å²) in [4.78, 5) is 0. The van der Waals surface area contributed by atoms with Crippen molar-refractivity contribution in [3.63, 3.8) is 0 Å². The van der Waals surface area contributed by atoms with Crippen molar-refractivity contribution in [1.82, 2.24) is 0 Å². The average Bonchev–Trinajstić information content (AvgIpc) is 3.03. The summed E-state index contributed by atoms with van der Waals surface area (Å²) in [5.41, 5.74) is 0.423. The van der Waals surface area contributed by atoms with Gasteiger partial charge in [-0.1, -0.05) is 67.2 Å². The fourth-order valence-electron chi connectivity index (χ4n) is 9.29. The Kier molecular flexibility index (Phi) is 5.98. The minimum atomic E-state index is -0.349. The van der Waals surface area contributed by atoms with E-state index in [1.807, 2.05) is 0 Å². The van der Waals surface area contributed by atoms with Gasteiger partial charge in [-0.15, -0.1) is 0 Å². The molecule has 0 amide bonds. The Morgan fingerprint density at radius 1 is 0.793 bits per heavy atom. The van der Waals surface area contributed by atoms with Gasteiger partial charge >= 0.3 is 0 Å². The lowest BCUT2D eigenvalue weighted by molar-refractivity contribution is -0.205. The van der Waals surface area contributed by atoms with E-state index in [0.29, 0.717) is 5.41 Å². The quantitative estimate of drug-likeness (QED) is 0.496. The molecule has 4 aliphatic carbocycles. The molecule has 0 heterocycles. The monoisotopic (exact) mass is 402 g/mol. The van der Waals surface area contributed by atoms with Crippen LogP contribution in [0, 0.1) is 52.3 Å². The molecule has 9 atom stereocenters. The predicted octanol–water partition coefficient (Wildman–Crippen LogP) is 7.86. The lowest BCUT2D eigenvalue weighted by atomic mass is 9.43. The molecule has 1 unspecified atom stereocenters. The van der Waals surface area contributed by atoms with Gasteiger partial charge in [0, 0.05) is 0 Å². The van der Waals surface area contributed by atoms with Gasteiger partial charge in [0.25, 0.3) is 0 Å². The van der Waals surface area contributed by atoms with Crippen LogP contribution in [0.2, 0.25) is 0 Å². The van der Waals surface area contributed by atoms with Crippen LogP contribution < -0.4 is 0 Å². The van der Waals surface area contributed by atoms with Crippen LogP contribution in [-0.4, -0.2) is 10.7 Å². The molecule has 0 aromatic rings. The summed E-state index contributed by atoms with van der Waals surface area (Å²) in [6, 6.07) is 0. The minimum Gasteiger partial charge on any atom is -0.389 e. The van der Waals surface area contributed by atoms with Crippen LogP contribution >= 0.6 is 0 Å². The van der Waals surface area contributed by atoms with Gasteiger partial charge in [-0.3, -0.25) is 0 Å². The Morgan fingerprint density at radius 3 is 2.24 bits per heavy atom. The summed E-state index contributed by atoms with van der Waals surface area (Å²) in [6.45, 7) is 15.0. The van der Waals surface area contributed by atoms with Crippen molar-refractivity contribution in [2.24, 2.45) is 52.3 Å². The Labute approximate surface area is 181 Å². The maximum Gasteiger partial charge on any atom is 0.0703 e. The SMILES string of the molecule is CC(C)[C@@H](C)CC[C@@H](C)[C@H]1CC[C@H]2[C@@H]3CCC4(O)CCCC[C@]4(C)[C@H]3CC[C@]12C. The molecule has 1 heteroatoms. The molecule has 4 fully saturated rings. The Morgan fingerprint density at radius 2 is 1.52 bits per heavy atom. The Hall–Kier alpha value is -0.0400. The highest BCUT2D eigenvalue weighted by molar-refractivity contribution is 5.13. The molecule has 0 aromatic carbocycles. The number of rotatable bonds is 5. The minimum absolute atomic E-state index is 0.200. The van der Waals surface area contributed by atoms with E-state index in [1.165, 1.54) is 64.2 Å². The summed E-state index contributed by atoms with van der Waals surface area (Å²) >= 11 is 0. The second-order valence-electron chi connectivity index (χ2n) is 13.1. The van der Waals surface area contributed by atoms with Crippen LogP contribution in [0.25, 0.3) is 0 Å². The maximum absolute atomic E-state index is 11.6. The highest BCUT2D eigenvalue weighted by Crippen LogP contribution is 2.69. The van der Waals surface area contributed by atoms with Crippen LogP contribution in [0.4, 0.5) is 0 Å². The summed E-state index contributed by atoms with van der Waals surface area (Å²) < 4.78 is 0. The first-order valence-corrected chi connectivity index (χ1v) is 13.3. The van der Waals surface area contributed by atoms with Crippen molar-refractivity contribution in [2.75, 3.05) is 0 Å². The number of hydrogen-bond acceptors (Lipinski definition) is 1. The van der Waals surface area contributed by atoms with Crippen LogP contribution in [0.5, 0.6) is 0 Å². The first-order chi connectivity index (χ1) is 13.6. The van der Waals surface area contributed by atoms with Crippen LogP contribution in [0.15, 0.2) is 0 Å². The second-order valence-corrected chi connectivity index (χ2v) is 13.1. The van der Waals surface area contributed by atoms with E-state index in [4.69, 9.17) is 0 Å². The lowest BCUT2D eigenvalue weighted by Crippen LogP contribution is -2.61. The lowest BCUT2D eigenvalue weighted by Gasteiger charge is -2.63.